The van der Waals surface area contributed by atoms with E-state index >= 15 is 0 Å². The van der Waals surface area contributed by atoms with E-state index in [0.717, 1.165) is 12.2 Å². The second kappa shape index (κ2) is 4.73. The van der Waals surface area contributed by atoms with Gasteiger partial charge in [0.05, 0.1) is 6.61 Å². The summed E-state index contributed by atoms with van der Waals surface area (Å²) in [5.74, 6) is 1.24. The molecule has 1 atom stereocenters. The van der Waals surface area contributed by atoms with E-state index in [4.69, 9.17) is 14.2 Å². The third-order valence-electron chi connectivity index (χ3n) is 2.18. The van der Waals surface area contributed by atoms with Gasteiger partial charge in [-0.15, -0.1) is 0 Å². The molecule has 80 valence electrons. The first kappa shape index (κ1) is 9.90. The summed E-state index contributed by atoms with van der Waals surface area (Å²) in [6.45, 7) is 4.70. The van der Waals surface area contributed by atoms with Gasteiger partial charge in [0.2, 0.25) is 0 Å². The highest BCUT2D eigenvalue weighted by Gasteiger charge is 2.16. The Bertz CT molecular complexity index is 321. The fraction of sp³-hybridized carbons (Fsp3) is 0.333. The van der Waals surface area contributed by atoms with Crippen molar-refractivity contribution in [3.8, 4) is 5.75 Å². The van der Waals surface area contributed by atoms with E-state index in [2.05, 4.69) is 6.58 Å². The van der Waals surface area contributed by atoms with Crippen LogP contribution in [0.4, 0.5) is 0 Å². The van der Waals surface area contributed by atoms with Crippen molar-refractivity contribution < 1.29 is 14.2 Å². The largest absolute Gasteiger partial charge is 0.487 e. The predicted molar refractivity (Wildman–Crippen MR) is 56.5 cm³/mol. The third-order valence-corrected chi connectivity index (χ3v) is 2.18. The second-order valence-corrected chi connectivity index (χ2v) is 3.37. The number of hydrogen-bond acceptors (Lipinski definition) is 3. The lowest BCUT2D eigenvalue weighted by Crippen LogP contribution is -2.21. The second-order valence-electron chi connectivity index (χ2n) is 3.37. The molecule has 0 spiro atoms. The molecule has 1 fully saturated rings. The predicted octanol–water partition coefficient (Wildman–Crippen LogP) is 2.34. The van der Waals surface area contributed by atoms with E-state index in [1.165, 1.54) is 0 Å². The van der Waals surface area contributed by atoms with E-state index in [1.54, 1.807) is 0 Å². The van der Waals surface area contributed by atoms with Crippen LogP contribution in [0.5, 0.6) is 5.75 Å². The first-order valence-electron chi connectivity index (χ1n) is 5.01. The van der Waals surface area contributed by atoms with E-state index < -0.39 is 0 Å². The Kier molecular flexibility index (Phi) is 3.12. The number of ether oxygens (including phenoxy) is 3. The number of para-hydroxylation sites is 1. The van der Waals surface area contributed by atoms with Crippen LogP contribution in [-0.4, -0.2) is 19.3 Å². The van der Waals surface area contributed by atoms with Gasteiger partial charge in [0, 0.05) is 6.42 Å². The Morgan fingerprint density at radius 2 is 2.00 bits per heavy atom. The average Bonchev–Trinajstić information content (AvgIpc) is 2.46. The summed E-state index contributed by atoms with van der Waals surface area (Å²) in [5.41, 5.74) is 0. The van der Waals surface area contributed by atoms with Crippen molar-refractivity contribution in [3.63, 3.8) is 0 Å². The minimum atomic E-state index is 0.0339. The van der Waals surface area contributed by atoms with Crippen molar-refractivity contribution in [1.29, 1.82) is 0 Å². The number of benzene rings is 1. The Balaban J connectivity index is 1.92. The van der Waals surface area contributed by atoms with Crippen LogP contribution >= 0.6 is 0 Å². The summed E-state index contributed by atoms with van der Waals surface area (Å²) in [4.78, 5) is 0. The van der Waals surface area contributed by atoms with Crippen molar-refractivity contribution >= 4 is 0 Å². The van der Waals surface area contributed by atoms with Crippen molar-refractivity contribution in [1.82, 2.24) is 0 Å². The standard InChI is InChI=1S/C12H14O3/c1-10-13-8-7-12(9-14-10)15-11-5-3-2-4-6-11/h2-6,12H,1,7-9H2. The van der Waals surface area contributed by atoms with E-state index in [9.17, 15) is 0 Å². The van der Waals surface area contributed by atoms with Gasteiger partial charge >= 0.3 is 0 Å². The summed E-state index contributed by atoms with van der Waals surface area (Å²) in [6, 6.07) is 9.72. The molecule has 2 rings (SSSR count). The topological polar surface area (TPSA) is 27.7 Å². The summed E-state index contributed by atoms with van der Waals surface area (Å²) in [7, 11) is 0. The van der Waals surface area contributed by atoms with Crippen LogP contribution in [0.15, 0.2) is 42.9 Å². The van der Waals surface area contributed by atoms with Crippen LogP contribution in [0, 0.1) is 0 Å². The molecule has 15 heavy (non-hydrogen) atoms. The zero-order chi connectivity index (χ0) is 10.5. The van der Waals surface area contributed by atoms with Gasteiger partial charge in [-0.3, -0.25) is 0 Å². The van der Waals surface area contributed by atoms with Crippen molar-refractivity contribution in [2.75, 3.05) is 13.2 Å². The molecule has 1 aromatic rings. The molecule has 0 N–H and O–H groups in total. The lowest BCUT2D eigenvalue weighted by Gasteiger charge is -2.15. The smallest absolute Gasteiger partial charge is 0.271 e. The maximum atomic E-state index is 5.74. The van der Waals surface area contributed by atoms with Gasteiger partial charge in [-0.05, 0) is 18.7 Å². The third kappa shape index (κ3) is 2.91. The highest BCUT2D eigenvalue weighted by atomic mass is 16.7. The van der Waals surface area contributed by atoms with Crippen molar-refractivity contribution in [3.05, 3.63) is 42.9 Å². The number of rotatable bonds is 2. The maximum absolute atomic E-state index is 5.74. The molecule has 1 aliphatic heterocycles. The molecule has 1 heterocycles. The van der Waals surface area contributed by atoms with Crippen LogP contribution in [0.1, 0.15) is 6.42 Å². The Hall–Kier alpha value is -1.64. The van der Waals surface area contributed by atoms with Gasteiger partial charge in [-0.2, -0.15) is 0 Å². The normalized spacial score (nSPS) is 21.1. The zero-order valence-corrected chi connectivity index (χ0v) is 8.52. The molecular weight excluding hydrogens is 192 g/mol. The van der Waals surface area contributed by atoms with Gasteiger partial charge in [0.25, 0.3) is 5.95 Å². The monoisotopic (exact) mass is 206 g/mol. The molecule has 0 radical (unpaired) electrons. The molecule has 0 bridgehead atoms. The van der Waals surface area contributed by atoms with Crippen LogP contribution in [0.2, 0.25) is 0 Å². The molecule has 0 aromatic heterocycles. The summed E-state index contributed by atoms with van der Waals surface area (Å²) in [6.07, 6.45) is 0.847. The molecular formula is C12H14O3. The quantitative estimate of drug-likeness (QED) is 0.743. The van der Waals surface area contributed by atoms with Crippen molar-refractivity contribution in [2.45, 2.75) is 12.5 Å². The molecule has 1 aliphatic rings. The van der Waals surface area contributed by atoms with Crippen molar-refractivity contribution in [2.24, 2.45) is 0 Å². The highest BCUT2D eigenvalue weighted by molar-refractivity contribution is 5.21. The summed E-state index contributed by atoms with van der Waals surface area (Å²) >= 11 is 0. The molecule has 1 saturated heterocycles. The highest BCUT2D eigenvalue weighted by Crippen LogP contribution is 2.16. The first-order chi connectivity index (χ1) is 7.34. The Labute approximate surface area is 89.3 Å². The van der Waals surface area contributed by atoms with Crippen LogP contribution in [0.3, 0.4) is 0 Å². The van der Waals surface area contributed by atoms with E-state index in [0.29, 0.717) is 19.2 Å². The van der Waals surface area contributed by atoms with Gasteiger partial charge in [-0.25, -0.2) is 0 Å². The molecule has 0 saturated carbocycles. The lowest BCUT2D eigenvalue weighted by molar-refractivity contribution is 0.0470. The molecule has 3 nitrogen and oxygen atoms in total. The van der Waals surface area contributed by atoms with Crippen LogP contribution < -0.4 is 4.74 Å². The van der Waals surface area contributed by atoms with Gasteiger partial charge in [0.1, 0.15) is 18.5 Å². The van der Waals surface area contributed by atoms with Gasteiger partial charge in [0.15, 0.2) is 0 Å². The Morgan fingerprint density at radius 3 is 2.80 bits per heavy atom. The Morgan fingerprint density at radius 1 is 1.20 bits per heavy atom. The fourth-order valence-corrected chi connectivity index (χ4v) is 1.40. The molecule has 1 unspecified atom stereocenters. The zero-order valence-electron chi connectivity index (χ0n) is 8.52. The average molecular weight is 206 g/mol. The van der Waals surface area contributed by atoms with E-state index in [-0.39, 0.29) is 6.10 Å². The van der Waals surface area contributed by atoms with Gasteiger partial charge in [-0.1, -0.05) is 18.2 Å². The molecule has 0 amide bonds. The SMILES string of the molecule is C=C1OCCC(Oc2ccccc2)CO1. The number of hydrogen-bond donors (Lipinski definition) is 0. The molecule has 1 aromatic carbocycles. The van der Waals surface area contributed by atoms with Gasteiger partial charge < -0.3 is 14.2 Å². The van der Waals surface area contributed by atoms with Crippen LogP contribution in [0.25, 0.3) is 0 Å². The first-order valence-corrected chi connectivity index (χ1v) is 5.01. The maximum Gasteiger partial charge on any atom is 0.271 e. The minimum Gasteiger partial charge on any atom is -0.487 e. The molecule has 0 aliphatic carbocycles. The summed E-state index contributed by atoms with van der Waals surface area (Å²) in [5, 5.41) is 0. The minimum absolute atomic E-state index is 0.0339. The lowest BCUT2D eigenvalue weighted by atomic mass is 10.2. The summed E-state index contributed by atoms with van der Waals surface area (Å²) < 4.78 is 16.2. The fourth-order valence-electron chi connectivity index (χ4n) is 1.40. The van der Waals surface area contributed by atoms with E-state index in [1.807, 2.05) is 30.3 Å². The molecule has 3 heteroatoms. The van der Waals surface area contributed by atoms with Crippen LogP contribution in [-0.2, 0) is 9.47 Å².